The summed E-state index contributed by atoms with van der Waals surface area (Å²) in [5.74, 6) is 2.41. The van der Waals surface area contributed by atoms with Gasteiger partial charge in [0.1, 0.15) is 117 Å². The molecule has 0 saturated heterocycles. The van der Waals surface area contributed by atoms with Crippen LogP contribution in [-0.2, 0) is 4.18 Å². The molecular formula is C55H88O12S. The van der Waals surface area contributed by atoms with Crippen LogP contribution >= 0.6 is 10.3 Å². The van der Waals surface area contributed by atoms with Crippen LogP contribution in [0.4, 0.5) is 4.79 Å². The summed E-state index contributed by atoms with van der Waals surface area (Å²) in [6.07, 6.45) is -1.63. The molecule has 3 aromatic rings. The number of carbonyl (C=O) groups is 1. The van der Waals surface area contributed by atoms with Crippen molar-refractivity contribution in [1.29, 1.82) is 0 Å². The Bertz CT molecular complexity index is 1880. The van der Waals surface area contributed by atoms with Gasteiger partial charge in [-0.25, -0.2) is 4.79 Å². The third-order valence-corrected chi connectivity index (χ3v) is 11.1. The summed E-state index contributed by atoms with van der Waals surface area (Å²) in [5, 5.41) is 11.7. The van der Waals surface area contributed by atoms with Gasteiger partial charge in [-0.15, -0.1) is 0 Å². The first-order valence-corrected chi connectivity index (χ1v) is 25.1. The minimum Gasteiger partial charge on any atom is -0.488 e. The number of hydrogen-bond acceptors (Lipinski definition) is 11. The molecule has 0 amide bonds. The van der Waals surface area contributed by atoms with Crippen molar-refractivity contribution >= 4 is 16.5 Å². The summed E-state index contributed by atoms with van der Waals surface area (Å²) in [5.41, 5.74) is -7.33. The van der Waals surface area contributed by atoms with Gasteiger partial charge < -0.3 is 51.9 Å². The van der Waals surface area contributed by atoms with Gasteiger partial charge >= 0.3 is 6.16 Å². The number of rotatable bonds is 13. The van der Waals surface area contributed by atoms with E-state index in [1.165, 1.54) is 0 Å². The number of carboxylic acid groups (broad SMARTS) is 1. The highest BCUT2D eigenvalue weighted by atomic mass is 32.3. The van der Waals surface area contributed by atoms with Gasteiger partial charge in [0.15, 0.2) is 0 Å². The zero-order valence-electron chi connectivity index (χ0n) is 46.8. The number of hydrogen-bond donors (Lipinski definition) is 1. The fourth-order valence-corrected chi connectivity index (χ4v) is 10.1. The predicted octanol–water partition coefficient (Wildman–Crippen LogP) is 16.2. The van der Waals surface area contributed by atoms with E-state index in [0.29, 0.717) is 17.2 Å². The number of benzene rings is 3. The highest BCUT2D eigenvalue weighted by Crippen LogP contribution is 2.81. The zero-order valence-corrected chi connectivity index (χ0v) is 47.6. The van der Waals surface area contributed by atoms with E-state index >= 15 is 0 Å². The first-order valence-electron chi connectivity index (χ1n) is 23.5. The Balaban J connectivity index is 3.25. The molecule has 0 fully saturated rings. The summed E-state index contributed by atoms with van der Waals surface area (Å²) in [7, 11) is -4.05. The Hall–Kier alpha value is -4.52. The molecule has 0 aliphatic heterocycles. The average molecular weight is 973 g/mol. The molecule has 0 atom stereocenters. The molecule has 0 aliphatic rings. The first kappa shape index (κ1) is 57.8. The van der Waals surface area contributed by atoms with Crippen LogP contribution in [0, 0.1) is 0 Å². The van der Waals surface area contributed by atoms with E-state index in [1.807, 2.05) is 187 Å². The van der Waals surface area contributed by atoms with E-state index in [-0.39, 0.29) is 49.2 Å². The third-order valence-electron chi connectivity index (χ3n) is 7.81. The van der Waals surface area contributed by atoms with Gasteiger partial charge in [0.2, 0.25) is 0 Å². The predicted molar refractivity (Wildman–Crippen MR) is 274 cm³/mol. The Morgan fingerprint density at radius 1 is 0.309 bits per heavy atom. The van der Waals surface area contributed by atoms with Crippen LogP contribution in [0.1, 0.15) is 187 Å². The lowest BCUT2D eigenvalue weighted by Crippen LogP contribution is -2.31. The Labute approximate surface area is 411 Å². The molecule has 0 unspecified atom stereocenters. The van der Waals surface area contributed by atoms with Gasteiger partial charge in [0.05, 0.1) is 0 Å². The minimum absolute atomic E-state index is 0.201. The third kappa shape index (κ3) is 18.1. The van der Waals surface area contributed by atoms with Gasteiger partial charge in [-0.05, 0) is 187 Å². The molecule has 0 aromatic heterocycles. The maximum absolute atomic E-state index is 14.4. The van der Waals surface area contributed by atoms with Crippen molar-refractivity contribution in [1.82, 2.24) is 0 Å². The Morgan fingerprint density at radius 2 is 0.456 bits per heavy atom. The SMILES string of the molecule is CC(C)(C)Oc1cc(OC(C)(C)C)c(S(OC(=O)O)(c2c(OC(C)(C)C)cc(OC(C)(C)C)cc2OC(C)(C)C)c2c(OC(C)(C)C)cc(OC(C)(C)C)cc2OC(C)(C)C)c(OC(C)(C)C)c1. The average Bonchev–Trinajstić information content (AvgIpc) is 2.96. The maximum atomic E-state index is 14.4. The van der Waals surface area contributed by atoms with E-state index in [1.54, 1.807) is 36.4 Å². The second kappa shape index (κ2) is 19.3. The molecule has 13 heteroatoms. The maximum Gasteiger partial charge on any atom is 0.517 e. The van der Waals surface area contributed by atoms with E-state index in [9.17, 15) is 9.90 Å². The Kier molecular flexibility index (Phi) is 16.4. The van der Waals surface area contributed by atoms with Crippen LogP contribution in [0.15, 0.2) is 51.1 Å². The molecule has 12 nitrogen and oxygen atoms in total. The standard InChI is InChI=1S/C55H88O12S/c1-47(2,3)58-34-28-37(61-50(10,11)12)43(38(29-34)62-51(13,14)15)68(67-46(56)57,44-39(63-52(16,17)18)30-35(59-48(4,5)6)31-40(44)64-53(19,20)21)45-41(65-54(22,23)24)32-36(60-49(7,8)9)33-42(45)66-55(25,26)27/h28-33H,1-27H3,(H,56,57). The molecule has 0 spiro atoms. The van der Waals surface area contributed by atoms with Gasteiger partial charge in [-0.2, -0.15) is 0 Å². The summed E-state index contributed by atoms with van der Waals surface area (Å²) in [6, 6.07) is 10.5. The van der Waals surface area contributed by atoms with Crippen molar-refractivity contribution in [2.24, 2.45) is 0 Å². The lowest BCUT2D eigenvalue weighted by Gasteiger charge is -2.45. The van der Waals surface area contributed by atoms with Crippen molar-refractivity contribution in [2.75, 3.05) is 0 Å². The minimum atomic E-state index is -4.05. The second-order valence-electron chi connectivity index (χ2n) is 26.1. The molecule has 1 N–H and O–H groups in total. The van der Waals surface area contributed by atoms with Crippen molar-refractivity contribution in [2.45, 2.75) is 252 Å². The summed E-state index contributed by atoms with van der Waals surface area (Å²) >= 11 is 0. The second-order valence-corrected chi connectivity index (χ2v) is 28.6. The molecule has 0 heterocycles. The van der Waals surface area contributed by atoms with Gasteiger partial charge in [0, 0.05) is 46.7 Å². The van der Waals surface area contributed by atoms with E-state index in [4.69, 9.17) is 46.8 Å². The fraction of sp³-hybridized carbons (Fsp3) is 0.655. The van der Waals surface area contributed by atoms with Crippen molar-refractivity contribution in [3.63, 3.8) is 0 Å². The van der Waals surface area contributed by atoms with Crippen LogP contribution in [0.2, 0.25) is 0 Å². The summed E-state index contributed by atoms with van der Waals surface area (Å²) in [4.78, 5) is 15.0. The molecule has 0 aliphatic carbocycles. The Morgan fingerprint density at radius 3 is 0.574 bits per heavy atom. The summed E-state index contributed by atoms with van der Waals surface area (Å²) in [6.45, 7) is 51.9. The molecule has 68 heavy (non-hydrogen) atoms. The van der Waals surface area contributed by atoms with Crippen LogP contribution in [0.3, 0.4) is 0 Å². The van der Waals surface area contributed by atoms with Crippen molar-refractivity contribution in [3.8, 4) is 51.7 Å². The highest BCUT2D eigenvalue weighted by Gasteiger charge is 2.52. The molecule has 386 valence electrons. The topological polar surface area (TPSA) is 130 Å². The highest BCUT2D eigenvalue weighted by molar-refractivity contribution is 8.30. The lowest BCUT2D eigenvalue weighted by molar-refractivity contribution is 0.103. The van der Waals surface area contributed by atoms with Crippen LogP contribution < -0.4 is 42.6 Å². The van der Waals surface area contributed by atoms with Crippen molar-refractivity contribution in [3.05, 3.63) is 36.4 Å². The smallest absolute Gasteiger partial charge is 0.488 e. The van der Waals surface area contributed by atoms with E-state index < -0.39 is 66.9 Å². The largest absolute Gasteiger partial charge is 0.517 e. The van der Waals surface area contributed by atoms with Gasteiger partial charge in [-0.1, -0.05) is 0 Å². The van der Waals surface area contributed by atoms with Gasteiger partial charge in [0.25, 0.3) is 0 Å². The van der Waals surface area contributed by atoms with Crippen molar-refractivity contribution < 1.29 is 56.7 Å². The quantitative estimate of drug-likeness (QED) is 0.175. The lowest BCUT2D eigenvalue weighted by atomic mass is 10.1. The molecule has 0 saturated carbocycles. The monoisotopic (exact) mass is 973 g/mol. The van der Waals surface area contributed by atoms with E-state index in [0.717, 1.165) is 0 Å². The normalized spacial score (nSPS) is 13.9. The molecular weight excluding hydrogens is 885 g/mol. The van der Waals surface area contributed by atoms with Crippen LogP contribution in [0.25, 0.3) is 0 Å². The van der Waals surface area contributed by atoms with Crippen LogP contribution in [-0.4, -0.2) is 61.7 Å². The van der Waals surface area contributed by atoms with Crippen LogP contribution in [0.5, 0.6) is 51.7 Å². The summed E-state index contributed by atoms with van der Waals surface area (Å²) < 4.78 is 69.3. The first-order chi connectivity index (χ1) is 30.0. The fourth-order valence-electron chi connectivity index (χ4n) is 6.72. The molecule has 3 rings (SSSR count). The van der Waals surface area contributed by atoms with E-state index in [2.05, 4.69) is 0 Å². The van der Waals surface area contributed by atoms with Gasteiger partial charge in [-0.3, -0.25) is 0 Å². The molecule has 0 bridgehead atoms. The molecule has 0 radical (unpaired) electrons. The number of ether oxygens (including phenoxy) is 9. The molecule has 3 aromatic carbocycles. The zero-order chi connectivity index (χ0) is 52.8.